The summed E-state index contributed by atoms with van der Waals surface area (Å²) in [6, 6.07) is 12.0. The lowest BCUT2D eigenvalue weighted by Gasteiger charge is -2.35. The Kier molecular flexibility index (Phi) is 15.5. The van der Waals surface area contributed by atoms with Crippen LogP contribution >= 0.6 is 48.6 Å². The van der Waals surface area contributed by atoms with Gasteiger partial charge in [0.05, 0.1) is 10.6 Å². The number of alkyl halides is 3. The van der Waals surface area contributed by atoms with Crippen LogP contribution < -0.4 is 0 Å². The number of carboxylic acid groups (broad SMARTS) is 1. The van der Waals surface area contributed by atoms with E-state index < -0.39 is 23.8 Å². The van der Waals surface area contributed by atoms with Crippen molar-refractivity contribution in [3.8, 4) is 0 Å². The third-order valence-electron chi connectivity index (χ3n) is 9.56. The molecule has 4 atom stereocenters. The van der Waals surface area contributed by atoms with E-state index in [0.29, 0.717) is 10.9 Å². The summed E-state index contributed by atoms with van der Waals surface area (Å²) in [7, 11) is 1.91. The molecule has 3 unspecified atom stereocenters. The van der Waals surface area contributed by atoms with E-state index in [2.05, 4.69) is 9.88 Å². The van der Waals surface area contributed by atoms with Crippen molar-refractivity contribution in [3.63, 3.8) is 0 Å². The van der Waals surface area contributed by atoms with Crippen LogP contribution in [0.5, 0.6) is 0 Å². The lowest BCUT2D eigenvalue weighted by molar-refractivity contribution is -0.145. The number of aromatic nitrogens is 1. The Balaban J connectivity index is 0.00000256. The van der Waals surface area contributed by atoms with Gasteiger partial charge >= 0.3 is 12.1 Å². The molecule has 13 heteroatoms. The number of carboxylic acids is 1. The molecule has 0 bridgehead atoms. The fraction of sp³-hybridized carbons (Fsp3) is 0.529. The first-order valence-corrected chi connectivity index (χ1v) is 16.2. The van der Waals surface area contributed by atoms with Crippen molar-refractivity contribution < 1.29 is 27.5 Å². The Bertz CT molecular complexity index is 1440. The molecule has 5 rings (SSSR count). The first-order chi connectivity index (χ1) is 20.9. The van der Waals surface area contributed by atoms with E-state index in [4.69, 9.17) is 0 Å². The number of halogens is 7. The van der Waals surface area contributed by atoms with Crippen molar-refractivity contribution in [2.75, 3.05) is 26.7 Å². The Morgan fingerprint density at radius 1 is 1.06 bits per heavy atom. The van der Waals surface area contributed by atoms with Crippen molar-refractivity contribution >= 4 is 54.5 Å². The van der Waals surface area contributed by atoms with Crippen LogP contribution in [0.4, 0.5) is 17.6 Å². The molecule has 262 valence electrons. The lowest BCUT2D eigenvalue weighted by atomic mass is 9.87. The third-order valence-corrected chi connectivity index (χ3v) is 10.7. The van der Waals surface area contributed by atoms with Crippen LogP contribution in [-0.2, 0) is 17.4 Å². The smallest absolute Gasteiger partial charge is 0.416 e. The Hall–Kier alpha value is -1.95. The highest BCUT2D eigenvalue weighted by molar-refractivity contribution is 7.11. The van der Waals surface area contributed by atoms with Crippen LogP contribution in [0, 0.1) is 17.7 Å². The maximum atomic E-state index is 14.2. The zero-order valence-electron chi connectivity index (χ0n) is 26.7. The van der Waals surface area contributed by atoms with Crippen molar-refractivity contribution in [2.45, 2.75) is 76.0 Å². The van der Waals surface area contributed by atoms with Gasteiger partial charge < -0.3 is 10.0 Å². The van der Waals surface area contributed by atoms with E-state index in [9.17, 15) is 27.5 Å². The number of carbonyl (C=O) groups is 1. The van der Waals surface area contributed by atoms with Crippen LogP contribution in [0.1, 0.15) is 77.9 Å². The van der Waals surface area contributed by atoms with Gasteiger partial charge in [-0.25, -0.2) is 9.37 Å². The number of nitrogens with zero attached hydrogens (tertiary/aromatic N) is 3. The van der Waals surface area contributed by atoms with Crippen LogP contribution in [-0.4, -0.2) is 64.6 Å². The van der Waals surface area contributed by atoms with Gasteiger partial charge in [-0.15, -0.1) is 48.6 Å². The summed E-state index contributed by atoms with van der Waals surface area (Å²) in [4.78, 5) is 22.2. The highest BCUT2D eigenvalue weighted by Gasteiger charge is 2.42. The van der Waals surface area contributed by atoms with Gasteiger partial charge in [0, 0.05) is 30.1 Å². The van der Waals surface area contributed by atoms with E-state index >= 15 is 0 Å². The molecule has 1 saturated heterocycles. The van der Waals surface area contributed by atoms with Crippen LogP contribution in [0.2, 0.25) is 0 Å². The summed E-state index contributed by atoms with van der Waals surface area (Å²) in [6.45, 7) is 6.52. The van der Waals surface area contributed by atoms with Crippen molar-refractivity contribution in [1.29, 1.82) is 0 Å². The monoisotopic (exact) mass is 739 g/mol. The summed E-state index contributed by atoms with van der Waals surface area (Å²) < 4.78 is 54.6. The van der Waals surface area contributed by atoms with Gasteiger partial charge in [-0.1, -0.05) is 44.2 Å². The van der Waals surface area contributed by atoms with Gasteiger partial charge in [-0.2, -0.15) is 13.2 Å². The molecule has 1 aliphatic heterocycles. The minimum absolute atomic E-state index is 0. The summed E-state index contributed by atoms with van der Waals surface area (Å²) in [6.07, 6.45) is 1.13. The van der Waals surface area contributed by atoms with E-state index in [1.165, 1.54) is 29.5 Å². The minimum atomic E-state index is -4.39. The molecule has 1 N–H and O–H groups in total. The SMILES string of the molecule is CC(C)[C@H](C(=O)O)N(C)C1CC(CN2CCC(c3cnc(Cc4ccccc4C(F)(F)F)s3)CC2)C(c2cccc(F)c2)C1.Cl.Cl.Cl. The highest BCUT2D eigenvalue weighted by Crippen LogP contribution is 2.44. The molecular weight excluding hydrogens is 697 g/mol. The number of likely N-dealkylation sites (N-methyl/N-ethyl adjacent to an activating group) is 1. The fourth-order valence-electron chi connectivity index (χ4n) is 7.37. The minimum Gasteiger partial charge on any atom is -0.480 e. The van der Waals surface area contributed by atoms with Crippen molar-refractivity contribution in [1.82, 2.24) is 14.8 Å². The third kappa shape index (κ3) is 10.0. The summed E-state index contributed by atoms with van der Waals surface area (Å²) in [5.74, 6) is -0.373. The predicted molar refractivity (Wildman–Crippen MR) is 186 cm³/mol. The molecule has 1 saturated carbocycles. The molecule has 0 amide bonds. The number of likely N-dealkylation sites (tertiary alicyclic amines) is 1. The number of aliphatic carboxylic acids is 1. The maximum Gasteiger partial charge on any atom is 0.416 e. The van der Waals surface area contributed by atoms with E-state index in [1.54, 1.807) is 18.2 Å². The average molecular weight is 741 g/mol. The van der Waals surface area contributed by atoms with Gasteiger partial charge in [-0.05, 0) is 98.8 Å². The number of thiazole rings is 1. The van der Waals surface area contributed by atoms with Gasteiger partial charge in [0.1, 0.15) is 11.9 Å². The number of piperidine rings is 1. The largest absolute Gasteiger partial charge is 0.480 e. The second kappa shape index (κ2) is 17.6. The second-order valence-corrected chi connectivity index (χ2v) is 13.9. The fourth-order valence-corrected chi connectivity index (χ4v) is 8.49. The molecule has 2 fully saturated rings. The van der Waals surface area contributed by atoms with Crippen LogP contribution in [0.3, 0.4) is 0 Å². The first kappa shape index (κ1) is 41.2. The lowest BCUT2D eigenvalue weighted by Crippen LogP contribution is -2.47. The first-order valence-electron chi connectivity index (χ1n) is 15.4. The van der Waals surface area contributed by atoms with Crippen LogP contribution in [0.15, 0.2) is 54.7 Å². The number of hydrogen-bond acceptors (Lipinski definition) is 5. The Labute approximate surface area is 297 Å². The maximum absolute atomic E-state index is 14.2. The van der Waals surface area contributed by atoms with Gasteiger partial charge in [0.25, 0.3) is 0 Å². The molecule has 1 aromatic heterocycles. The molecular formula is C34H44Cl3F4N3O2S. The zero-order chi connectivity index (χ0) is 31.6. The molecule has 1 aliphatic carbocycles. The summed E-state index contributed by atoms with van der Waals surface area (Å²) >= 11 is 1.51. The van der Waals surface area contributed by atoms with Gasteiger partial charge in [0.15, 0.2) is 0 Å². The zero-order valence-corrected chi connectivity index (χ0v) is 29.9. The number of hydrogen-bond donors (Lipinski definition) is 1. The Morgan fingerprint density at radius 3 is 2.36 bits per heavy atom. The molecule has 5 nitrogen and oxygen atoms in total. The standard InChI is InChI=1S/C34H41F4N3O2S.3ClH/c1-21(2)32(33(42)43)40(3)27-16-25(28(18-27)23-8-6-9-26(35)15-23)20-41-13-11-22(12-14-41)30-19-39-31(44-30)17-24-7-4-5-10-29(24)34(36,37)38;;;/h4-10,15,19,21-22,25,27-28,32H,11-14,16-18,20H2,1-3H3,(H,42,43);3*1H/t25?,27?,28?,32-;;;/m1.../s1. The van der Waals surface area contributed by atoms with E-state index in [0.717, 1.165) is 61.8 Å². The number of benzene rings is 2. The quantitative estimate of drug-likeness (QED) is 0.211. The van der Waals surface area contributed by atoms with Crippen LogP contribution in [0.25, 0.3) is 0 Å². The molecule has 47 heavy (non-hydrogen) atoms. The normalized spacial score (nSPS) is 21.2. The molecule has 0 spiro atoms. The second-order valence-electron chi connectivity index (χ2n) is 12.8. The highest BCUT2D eigenvalue weighted by atomic mass is 35.5. The summed E-state index contributed by atoms with van der Waals surface area (Å²) in [5.41, 5.74) is 0.610. The Morgan fingerprint density at radius 2 is 1.74 bits per heavy atom. The molecule has 2 aromatic carbocycles. The summed E-state index contributed by atoms with van der Waals surface area (Å²) in [5, 5.41) is 10.6. The van der Waals surface area contributed by atoms with E-state index in [1.807, 2.05) is 38.1 Å². The molecule has 0 radical (unpaired) electrons. The van der Waals surface area contributed by atoms with Crippen molar-refractivity contribution in [2.24, 2.45) is 11.8 Å². The predicted octanol–water partition coefficient (Wildman–Crippen LogP) is 8.94. The van der Waals surface area contributed by atoms with E-state index in [-0.39, 0.29) is 78.8 Å². The number of rotatable bonds is 10. The van der Waals surface area contributed by atoms with Gasteiger partial charge in [0.2, 0.25) is 0 Å². The topological polar surface area (TPSA) is 56.7 Å². The van der Waals surface area contributed by atoms with Gasteiger partial charge in [-0.3, -0.25) is 9.69 Å². The average Bonchev–Trinajstić information content (AvgIpc) is 3.60. The van der Waals surface area contributed by atoms with Crippen molar-refractivity contribution in [3.05, 3.63) is 87.1 Å². The molecule has 2 heterocycles. The molecule has 2 aliphatic rings. The molecule has 3 aromatic rings.